The molecule has 2 saturated heterocycles. The summed E-state index contributed by atoms with van der Waals surface area (Å²) in [5, 5.41) is 9.99. The van der Waals surface area contributed by atoms with Crippen molar-refractivity contribution in [2.75, 3.05) is 38.3 Å². The van der Waals surface area contributed by atoms with E-state index in [0.29, 0.717) is 50.0 Å². The van der Waals surface area contributed by atoms with Crippen LogP contribution in [0, 0.1) is 11.3 Å². The molecule has 1 amide bonds. The number of hydrogen-bond donors (Lipinski definition) is 0. The lowest BCUT2D eigenvalue weighted by Gasteiger charge is -2.41. The lowest BCUT2D eigenvalue weighted by molar-refractivity contribution is -0.134. The molecule has 2 aliphatic heterocycles. The number of nitrogens with zero attached hydrogens (tertiary/aromatic N) is 4. The number of methoxy groups -OCH3 is 1. The van der Waals surface area contributed by atoms with Crippen molar-refractivity contribution in [3.63, 3.8) is 0 Å². The van der Waals surface area contributed by atoms with Gasteiger partial charge in [-0.3, -0.25) is 4.79 Å². The number of carbonyl (C=O) groups is 1. The molecule has 0 aromatic carbocycles. The zero-order valence-electron chi connectivity index (χ0n) is 20.7. The topological polar surface area (TPSA) is 87.9 Å². The van der Waals surface area contributed by atoms with Gasteiger partial charge in [-0.2, -0.15) is 5.26 Å². The van der Waals surface area contributed by atoms with E-state index in [1.54, 1.807) is 7.11 Å². The number of anilines is 1. The lowest BCUT2D eigenvalue weighted by Crippen LogP contribution is -2.54. The van der Waals surface area contributed by atoms with E-state index in [1.165, 1.54) is 0 Å². The maximum atomic E-state index is 12.5. The van der Waals surface area contributed by atoms with Crippen LogP contribution in [-0.4, -0.2) is 73.5 Å². The van der Waals surface area contributed by atoms with Crippen LogP contribution in [0.5, 0.6) is 0 Å². The van der Waals surface area contributed by atoms with E-state index in [-0.39, 0.29) is 11.9 Å². The number of amides is 1. The van der Waals surface area contributed by atoms with Gasteiger partial charge in [0.2, 0.25) is 5.91 Å². The van der Waals surface area contributed by atoms with E-state index in [2.05, 4.69) is 11.0 Å². The first-order valence-corrected chi connectivity index (χ1v) is 11.9. The van der Waals surface area contributed by atoms with Crippen LogP contribution in [0.1, 0.15) is 71.1 Å². The van der Waals surface area contributed by atoms with Gasteiger partial charge in [0.25, 0.3) is 0 Å². The summed E-state index contributed by atoms with van der Waals surface area (Å²) >= 11 is 0. The molecule has 0 bridgehead atoms. The van der Waals surface area contributed by atoms with Gasteiger partial charge in [0.05, 0.1) is 29.8 Å². The third kappa shape index (κ3) is 4.61. The monoisotopic (exact) mass is 454 g/mol. The highest BCUT2D eigenvalue weighted by Gasteiger charge is 2.53. The van der Waals surface area contributed by atoms with Gasteiger partial charge in [-0.15, -0.1) is 0 Å². The Morgan fingerprint density at radius 1 is 1.27 bits per heavy atom. The van der Waals surface area contributed by atoms with Crippen LogP contribution in [0.25, 0.3) is 0 Å². The Labute approximate surface area is 197 Å². The van der Waals surface area contributed by atoms with Gasteiger partial charge in [0.15, 0.2) is 0 Å². The standard InChI is InChI=1S/C24H35BN4O4/c1-16-15-28(10-11-29(16)20(30)9-12-31-6)22-18(14-26)13-19(21(27-22)17-7-8-17)25-32-23(2,3)24(4,5)33-25/h13,16-17H,7-12,15H2,1-6H3. The third-order valence-electron chi connectivity index (χ3n) is 7.42. The number of nitriles is 1. The minimum Gasteiger partial charge on any atom is -0.399 e. The van der Waals surface area contributed by atoms with Gasteiger partial charge in [0.1, 0.15) is 11.9 Å². The largest absolute Gasteiger partial charge is 0.496 e. The molecule has 178 valence electrons. The SMILES string of the molecule is COCCC(=O)N1CCN(c2nc(C3CC3)c(B3OC(C)(C)C(C)(C)O3)cc2C#N)CC1C. The number of hydrogen-bond acceptors (Lipinski definition) is 7. The van der Waals surface area contributed by atoms with E-state index in [9.17, 15) is 10.1 Å². The van der Waals surface area contributed by atoms with Crippen molar-refractivity contribution >= 4 is 24.3 Å². The summed E-state index contributed by atoms with van der Waals surface area (Å²) in [6.07, 6.45) is 2.56. The summed E-state index contributed by atoms with van der Waals surface area (Å²) in [6, 6.07) is 4.30. The highest BCUT2D eigenvalue weighted by atomic mass is 16.7. The van der Waals surface area contributed by atoms with Crippen molar-refractivity contribution in [1.29, 1.82) is 5.26 Å². The van der Waals surface area contributed by atoms with Crippen molar-refractivity contribution in [1.82, 2.24) is 9.88 Å². The van der Waals surface area contributed by atoms with E-state index in [0.717, 1.165) is 24.0 Å². The summed E-state index contributed by atoms with van der Waals surface area (Å²) in [5.74, 6) is 1.18. The van der Waals surface area contributed by atoms with Gasteiger partial charge >= 0.3 is 7.12 Å². The quantitative estimate of drug-likeness (QED) is 0.609. The molecule has 1 saturated carbocycles. The van der Waals surface area contributed by atoms with Crippen LogP contribution in [0.4, 0.5) is 5.82 Å². The van der Waals surface area contributed by atoms with E-state index in [1.807, 2.05) is 45.6 Å². The number of piperazine rings is 1. The predicted octanol–water partition coefficient (Wildman–Crippen LogP) is 2.20. The molecular weight excluding hydrogens is 419 g/mol. The fourth-order valence-electron chi connectivity index (χ4n) is 4.55. The van der Waals surface area contributed by atoms with Crippen LogP contribution in [-0.2, 0) is 18.8 Å². The van der Waals surface area contributed by atoms with Crippen molar-refractivity contribution in [2.24, 2.45) is 0 Å². The van der Waals surface area contributed by atoms with Gasteiger partial charge in [0, 0.05) is 49.9 Å². The molecule has 3 aliphatic rings. The molecule has 1 atom stereocenters. The molecule has 1 aromatic heterocycles. The molecule has 0 radical (unpaired) electrons. The third-order valence-corrected chi connectivity index (χ3v) is 7.42. The molecule has 0 N–H and O–H groups in total. The summed E-state index contributed by atoms with van der Waals surface area (Å²) in [5.41, 5.74) is 1.47. The highest BCUT2D eigenvalue weighted by Crippen LogP contribution is 2.42. The van der Waals surface area contributed by atoms with Gasteiger partial charge in [-0.25, -0.2) is 4.98 Å². The number of carbonyl (C=O) groups excluding carboxylic acids is 1. The fraction of sp³-hybridized carbons (Fsp3) is 0.708. The summed E-state index contributed by atoms with van der Waals surface area (Å²) in [6.45, 7) is 12.5. The van der Waals surface area contributed by atoms with Crippen LogP contribution < -0.4 is 10.4 Å². The molecule has 1 aliphatic carbocycles. The maximum absolute atomic E-state index is 12.5. The Hall–Kier alpha value is -2.15. The summed E-state index contributed by atoms with van der Waals surface area (Å²) in [4.78, 5) is 21.6. The molecule has 4 rings (SSSR count). The molecular formula is C24H35BN4O4. The maximum Gasteiger partial charge on any atom is 0.496 e. The van der Waals surface area contributed by atoms with Crippen molar-refractivity contribution in [3.8, 4) is 6.07 Å². The Kier molecular flexibility index (Phi) is 6.47. The first kappa shape index (κ1) is 24.0. The van der Waals surface area contributed by atoms with E-state index < -0.39 is 18.3 Å². The zero-order chi connectivity index (χ0) is 24.0. The second-order valence-electron chi connectivity index (χ2n) is 10.4. The second-order valence-corrected chi connectivity index (χ2v) is 10.4. The zero-order valence-corrected chi connectivity index (χ0v) is 20.7. The molecule has 1 aromatic rings. The van der Waals surface area contributed by atoms with E-state index >= 15 is 0 Å². The van der Waals surface area contributed by atoms with Crippen LogP contribution in [0.3, 0.4) is 0 Å². The molecule has 9 heteroatoms. The molecule has 33 heavy (non-hydrogen) atoms. The highest BCUT2D eigenvalue weighted by molar-refractivity contribution is 6.62. The first-order valence-electron chi connectivity index (χ1n) is 11.9. The predicted molar refractivity (Wildman–Crippen MR) is 127 cm³/mol. The summed E-state index contributed by atoms with van der Waals surface area (Å²) in [7, 11) is 1.07. The number of aromatic nitrogens is 1. The molecule has 0 spiro atoms. The molecule has 8 nitrogen and oxygen atoms in total. The van der Waals surface area contributed by atoms with Crippen LogP contribution in [0.2, 0.25) is 0 Å². The van der Waals surface area contributed by atoms with Gasteiger partial charge < -0.3 is 23.8 Å². The van der Waals surface area contributed by atoms with Crippen molar-refractivity contribution < 1.29 is 18.8 Å². The lowest BCUT2D eigenvalue weighted by atomic mass is 9.76. The molecule has 1 unspecified atom stereocenters. The average Bonchev–Trinajstić information content (AvgIpc) is 3.57. The van der Waals surface area contributed by atoms with Crippen LogP contribution >= 0.6 is 0 Å². The van der Waals surface area contributed by atoms with Crippen LogP contribution in [0.15, 0.2) is 6.07 Å². The Morgan fingerprint density at radius 3 is 2.48 bits per heavy atom. The molecule has 3 fully saturated rings. The minimum absolute atomic E-state index is 0.0311. The van der Waals surface area contributed by atoms with Gasteiger partial charge in [-0.1, -0.05) is 0 Å². The normalized spacial score (nSPS) is 24.2. The number of pyridine rings is 1. The second kappa shape index (κ2) is 8.90. The molecule has 3 heterocycles. The van der Waals surface area contributed by atoms with Gasteiger partial charge in [-0.05, 0) is 53.5 Å². The number of rotatable bonds is 6. The Bertz CT molecular complexity index is 941. The fourth-order valence-corrected chi connectivity index (χ4v) is 4.55. The average molecular weight is 454 g/mol. The van der Waals surface area contributed by atoms with Crippen molar-refractivity contribution in [3.05, 3.63) is 17.3 Å². The van der Waals surface area contributed by atoms with Crippen molar-refractivity contribution in [2.45, 2.75) is 77.0 Å². The Morgan fingerprint density at radius 2 is 1.94 bits per heavy atom. The summed E-state index contributed by atoms with van der Waals surface area (Å²) < 4.78 is 17.7. The minimum atomic E-state index is -0.534. The first-order chi connectivity index (χ1) is 15.6. The number of ether oxygens (including phenoxy) is 1. The smallest absolute Gasteiger partial charge is 0.399 e. The Balaban J connectivity index is 1.60. The van der Waals surface area contributed by atoms with E-state index in [4.69, 9.17) is 19.0 Å².